The van der Waals surface area contributed by atoms with Crippen LogP contribution in [0, 0.1) is 0 Å². The maximum absolute atomic E-state index is 10.1. The Bertz CT molecular complexity index is 312. The number of nitrogens with two attached hydrogens (primary N) is 1. The van der Waals surface area contributed by atoms with E-state index in [1.54, 1.807) is 0 Å². The van der Waals surface area contributed by atoms with Gasteiger partial charge in [0, 0.05) is 12.3 Å². The topological polar surface area (TPSA) is 52.3 Å². The Morgan fingerprint density at radius 2 is 2.15 bits per heavy atom. The van der Waals surface area contributed by atoms with Gasteiger partial charge >= 0.3 is 0 Å². The van der Waals surface area contributed by atoms with Crippen molar-refractivity contribution < 1.29 is 9.53 Å². The van der Waals surface area contributed by atoms with Crippen LogP contribution in [-0.2, 0) is 9.53 Å². The van der Waals surface area contributed by atoms with Gasteiger partial charge in [0.05, 0.1) is 0 Å². The Labute approximate surface area is 76.5 Å². The molecule has 68 valence electrons. The first-order chi connectivity index (χ1) is 6.26. The summed E-state index contributed by atoms with van der Waals surface area (Å²) in [6.45, 7) is 0.420. The highest BCUT2D eigenvalue weighted by atomic mass is 16.6. The smallest absolute Gasteiger partial charge is 0.294 e. The normalized spacial score (nSPS) is 31.0. The van der Waals surface area contributed by atoms with Crippen molar-refractivity contribution in [2.24, 2.45) is 5.73 Å². The molecular weight excluding hydrogens is 166 g/mol. The van der Waals surface area contributed by atoms with Gasteiger partial charge in [0.1, 0.15) is 0 Å². The first kappa shape index (κ1) is 8.26. The fourth-order valence-corrected chi connectivity index (χ4v) is 1.57. The summed E-state index contributed by atoms with van der Waals surface area (Å²) in [6.07, 6.45) is 0.718. The van der Waals surface area contributed by atoms with Crippen LogP contribution < -0.4 is 5.73 Å². The molecule has 0 amide bonds. The molecule has 1 aliphatic rings. The number of ether oxygens (including phenoxy) is 1. The van der Waals surface area contributed by atoms with E-state index in [1.807, 2.05) is 30.3 Å². The molecule has 13 heavy (non-hydrogen) atoms. The van der Waals surface area contributed by atoms with Crippen LogP contribution in [0.25, 0.3) is 0 Å². The van der Waals surface area contributed by atoms with Crippen LogP contribution in [0.1, 0.15) is 17.9 Å². The second-order valence-electron chi connectivity index (χ2n) is 3.34. The molecule has 0 bridgehead atoms. The van der Waals surface area contributed by atoms with Gasteiger partial charge in [0.15, 0.2) is 5.72 Å². The average Bonchev–Trinajstić information content (AvgIpc) is 2.80. The molecule has 2 atom stereocenters. The number of carbonyl (C=O) groups excluding carboxylic acids is 1. The quantitative estimate of drug-likeness (QED) is 0.553. The minimum atomic E-state index is -0.747. The molecule has 2 rings (SSSR count). The monoisotopic (exact) mass is 177 g/mol. The largest absolute Gasteiger partial charge is 0.446 e. The van der Waals surface area contributed by atoms with Crippen LogP contribution in [0.5, 0.6) is 0 Å². The fraction of sp³-hybridized carbons (Fsp3) is 0.300. The van der Waals surface area contributed by atoms with Crippen LogP contribution in [0.4, 0.5) is 0 Å². The molecule has 1 saturated carbocycles. The number of hydrogen-bond donors (Lipinski definition) is 1. The summed E-state index contributed by atoms with van der Waals surface area (Å²) in [7, 11) is 0. The first-order valence-electron chi connectivity index (χ1n) is 4.21. The molecule has 1 aromatic carbocycles. The van der Waals surface area contributed by atoms with Gasteiger partial charge in [-0.3, -0.25) is 10.5 Å². The Kier molecular flexibility index (Phi) is 1.81. The summed E-state index contributed by atoms with van der Waals surface area (Å²) in [5.41, 5.74) is 6.16. The SMILES string of the molecule is N[C@]1(OC=O)C[C@@H]1c1ccccc1. The number of rotatable bonds is 3. The Morgan fingerprint density at radius 1 is 1.46 bits per heavy atom. The Balaban J connectivity index is 2.11. The third kappa shape index (κ3) is 1.42. The Morgan fingerprint density at radius 3 is 2.77 bits per heavy atom. The van der Waals surface area contributed by atoms with Crippen molar-refractivity contribution >= 4 is 6.47 Å². The lowest BCUT2D eigenvalue weighted by Gasteiger charge is -2.08. The van der Waals surface area contributed by atoms with E-state index in [0.29, 0.717) is 6.47 Å². The molecule has 0 aromatic heterocycles. The van der Waals surface area contributed by atoms with E-state index in [2.05, 4.69) is 0 Å². The van der Waals surface area contributed by atoms with Gasteiger partial charge in [-0.15, -0.1) is 0 Å². The van der Waals surface area contributed by atoms with E-state index < -0.39 is 5.72 Å². The minimum Gasteiger partial charge on any atom is -0.446 e. The summed E-state index contributed by atoms with van der Waals surface area (Å²) < 4.78 is 4.80. The lowest BCUT2D eigenvalue weighted by atomic mass is 10.1. The lowest BCUT2D eigenvalue weighted by molar-refractivity contribution is -0.135. The number of carbonyl (C=O) groups is 1. The Hall–Kier alpha value is -1.35. The molecule has 1 aliphatic carbocycles. The van der Waals surface area contributed by atoms with Crippen molar-refractivity contribution in [2.75, 3.05) is 0 Å². The minimum absolute atomic E-state index is 0.166. The zero-order valence-corrected chi connectivity index (χ0v) is 7.14. The van der Waals surface area contributed by atoms with E-state index in [4.69, 9.17) is 10.5 Å². The van der Waals surface area contributed by atoms with Crippen LogP contribution in [-0.4, -0.2) is 12.2 Å². The van der Waals surface area contributed by atoms with E-state index >= 15 is 0 Å². The third-order valence-electron chi connectivity index (χ3n) is 2.42. The molecule has 0 radical (unpaired) electrons. The molecule has 1 aromatic rings. The average molecular weight is 177 g/mol. The van der Waals surface area contributed by atoms with Crippen molar-refractivity contribution in [2.45, 2.75) is 18.1 Å². The van der Waals surface area contributed by atoms with Crippen LogP contribution >= 0.6 is 0 Å². The highest BCUT2D eigenvalue weighted by Gasteiger charge is 2.54. The maximum Gasteiger partial charge on any atom is 0.294 e. The van der Waals surface area contributed by atoms with Gasteiger partial charge < -0.3 is 4.74 Å². The second-order valence-corrected chi connectivity index (χ2v) is 3.34. The van der Waals surface area contributed by atoms with E-state index in [0.717, 1.165) is 12.0 Å². The maximum atomic E-state index is 10.1. The lowest BCUT2D eigenvalue weighted by Crippen LogP contribution is -2.27. The van der Waals surface area contributed by atoms with E-state index in [9.17, 15) is 4.79 Å². The number of hydrogen-bond acceptors (Lipinski definition) is 3. The zero-order chi connectivity index (χ0) is 9.31. The molecule has 3 heteroatoms. The van der Waals surface area contributed by atoms with Crippen molar-refractivity contribution in [1.29, 1.82) is 0 Å². The highest BCUT2D eigenvalue weighted by molar-refractivity contribution is 5.42. The van der Waals surface area contributed by atoms with Crippen LogP contribution in [0.2, 0.25) is 0 Å². The summed E-state index contributed by atoms with van der Waals surface area (Å²) in [4.78, 5) is 10.1. The molecular formula is C10H11NO2. The fourth-order valence-electron chi connectivity index (χ4n) is 1.57. The van der Waals surface area contributed by atoms with E-state index in [1.165, 1.54) is 0 Å². The van der Waals surface area contributed by atoms with Crippen molar-refractivity contribution in [1.82, 2.24) is 0 Å². The number of benzene rings is 1. The van der Waals surface area contributed by atoms with Gasteiger partial charge in [-0.2, -0.15) is 0 Å². The summed E-state index contributed by atoms with van der Waals surface area (Å²) >= 11 is 0. The standard InChI is InChI=1S/C10H11NO2/c11-10(13-7-12)6-9(10)8-4-2-1-3-5-8/h1-5,7,9H,6,11H2/t9-,10+/m1/s1. The van der Waals surface area contributed by atoms with Gasteiger partial charge in [0.2, 0.25) is 0 Å². The summed E-state index contributed by atoms with van der Waals surface area (Å²) in [5.74, 6) is 0.166. The van der Waals surface area contributed by atoms with E-state index in [-0.39, 0.29) is 5.92 Å². The van der Waals surface area contributed by atoms with Crippen molar-refractivity contribution in [3.05, 3.63) is 35.9 Å². The predicted octanol–water partition coefficient (Wildman–Crippen LogP) is 1.00. The molecule has 0 heterocycles. The molecule has 0 saturated heterocycles. The zero-order valence-electron chi connectivity index (χ0n) is 7.14. The second kappa shape index (κ2) is 2.85. The molecule has 0 unspecified atom stereocenters. The summed E-state index contributed by atoms with van der Waals surface area (Å²) in [6, 6.07) is 9.84. The van der Waals surface area contributed by atoms with Gasteiger partial charge in [-0.05, 0) is 5.56 Å². The summed E-state index contributed by atoms with van der Waals surface area (Å²) in [5, 5.41) is 0. The first-order valence-corrected chi connectivity index (χ1v) is 4.21. The van der Waals surface area contributed by atoms with Gasteiger partial charge in [-0.25, -0.2) is 0 Å². The predicted molar refractivity (Wildman–Crippen MR) is 47.9 cm³/mol. The molecule has 1 fully saturated rings. The molecule has 2 N–H and O–H groups in total. The third-order valence-corrected chi connectivity index (χ3v) is 2.42. The van der Waals surface area contributed by atoms with Gasteiger partial charge in [0.25, 0.3) is 6.47 Å². The molecule has 0 aliphatic heterocycles. The van der Waals surface area contributed by atoms with Crippen LogP contribution in [0.15, 0.2) is 30.3 Å². The van der Waals surface area contributed by atoms with Gasteiger partial charge in [-0.1, -0.05) is 30.3 Å². The van der Waals surface area contributed by atoms with Crippen molar-refractivity contribution in [3.63, 3.8) is 0 Å². The highest BCUT2D eigenvalue weighted by Crippen LogP contribution is 2.49. The van der Waals surface area contributed by atoms with Crippen LogP contribution in [0.3, 0.4) is 0 Å². The van der Waals surface area contributed by atoms with Crippen molar-refractivity contribution in [3.8, 4) is 0 Å². The molecule has 3 nitrogen and oxygen atoms in total. The molecule has 0 spiro atoms.